The van der Waals surface area contributed by atoms with Gasteiger partial charge in [0.05, 0.1) is 32.2 Å². The van der Waals surface area contributed by atoms with E-state index in [1.165, 1.54) is 63.1 Å². The van der Waals surface area contributed by atoms with Crippen LogP contribution in [0.15, 0.2) is 0 Å². The van der Waals surface area contributed by atoms with E-state index in [1.54, 1.807) is 0 Å². The summed E-state index contributed by atoms with van der Waals surface area (Å²) in [5, 5.41) is 0. The summed E-state index contributed by atoms with van der Waals surface area (Å²) < 4.78 is 1.27. The predicted molar refractivity (Wildman–Crippen MR) is 96.1 cm³/mol. The van der Waals surface area contributed by atoms with Crippen LogP contribution in [-0.4, -0.2) is 79.7 Å². The minimum absolute atomic E-state index is 0.324. The number of piperidine rings is 1. The summed E-state index contributed by atoms with van der Waals surface area (Å²) >= 11 is 0. The van der Waals surface area contributed by atoms with E-state index < -0.39 is 0 Å². The Bertz CT molecular complexity index is 353. The number of rotatable bonds is 3. The minimum atomic E-state index is 0.324. The third-order valence-electron chi connectivity index (χ3n) is 6.39. The third kappa shape index (κ3) is 4.46. The zero-order chi connectivity index (χ0) is 16.6. The molecule has 22 heavy (non-hydrogen) atoms. The fraction of sp³-hybridized carbons (Fsp3) is 1.00. The van der Waals surface area contributed by atoms with E-state index in [1.807, 2.05) is 0 Å². The van der Waals surface area contributed by atoms with E-state index in [0.29, 0.717) is 11.0 Å². The van der Waals surface area contributed by atoms with Crippen LogP contribution in [0, 0.1) is 11.3 Å². The number of piperazine rings is 1. The van der Waals surface area contributed by atoms with Gasteiger partial charge in [0.15, 0.2) is 0 Å². The highest BCUT2D eigenvalue weighted by Crippen LogP contribution is 2.37. The molecular formula is C19H40N3+. The quantitative estimate of drug-likeness (QED) is 0.740. The first kappa shape index (κ1) is 18.2. The van der Waals surface area contributed by atoms with Gasteiger partial charge in [0.25, 0.3) is 0 Å². The van der Waals surface area contributed by atoms with Gasteiger partial charge in [0, 0.05) is 39.0 Å². The molecular weight excluding hydrogens is 270 g/mol. The predicted octanol–water partition coefficient (Wildman–Crippen LogP) is 2.92. The van der Waals surface area contributed by atoms with Crippen molar-refractivity contribution >= 4 is 0 Å². The van der Waals surface area contributed by atoms with Crippen LogP contribution in [0.25, 0.3) is 0 Å². The molecule has 0 bridgehead atoms. The summed E-state index contributed by atoms with van der Waals surface area (Å²) in [4.78, 5) is 5.18. The lowest BCUT2D eigenvalue weighted by molar-refractivity contribution is -0.919. The zero-order valence-corrected chi connectivity index (χ0v) is 16.3. The normalized spacial score (nSPS) is 33.1. The van der Waals surface area contributed by atoms with Crippen molar-refractivity contribution in [2.24, 2.45) is 11.3 Å². The van der Waals surface area contributed by atoms with Crippen LogP contribution in [-0.2, 0) is 0 Å². The second kappa shape index (κ2) is 6.41. The number of likely N-dealkylation sites (tertiary alicyclic amines) is 1. The molecule has 0 saturated carbocycles. The summed E-state index contributed by atoms with van der Waals surface area (Å²) in [5.74, 6) is 0.908. The monoisotopic (exact) mass is 310 g/mol. The number of quaternary nitrogens is 1. The van der Waals surface area contributed by atoms with Crippen LogP contribution in [0.2, 0.25) is 0 Å². The molecule has 130 valence electrons. The molecule has 2 heterocycles. The van der Waals surface area contributed by atoms with Gasteiger partial charge in [-0.1, -0.05) is 20.8 Å². The molecule has 0 unspecified atom stereocenters. The Morgan fingerprint density at radius 3 is 1.86 bits per heavy atom. The first-order valence-electron chi connectivity index (χ1n) is 9.29. The average Bonchev–Trinajstić information content (AvgIpc) is 2.37. The maximum atomic E-state index is 2.73. The van der Waals surface area contributed by atoms with Crippen molar-refractivity contribution in [2.45, 2.75) is 53.0 Å². The first-order chi connectivity index (χ1) is 10.0. The van der Waals surface area contributed by atoms with Gasteiger partial charge >= 0.3 is 0 Å². The molecule has 2 rings (SSSR count). The lowest BCUT2D eigenvalue weighted by atomic mass is 9.74. The van der Waals surface area contributed by atoms with E-state index >= 15 is 0 Å². The van der Waals surface area contributed by atoms with Gasteiger partial charge < -0.3 is 9.38 Å². The van der Waals surface area contributed by atoms with E-state index in [2.05, 4.69) is 58.5 Å². The molecule has 2 aliphatic rings. The summed E-state index contributed by atoms with van der Waals surface area (Å²) in [6.45, 7) is 21.1. The summed E-state index contributed by atoms with van der Waals surface area (Å²) in [7, 11) is 4.74. The van der Waals surface area contributed by atoms with Crippen LogP contribution in [0.1, 0.15) is 47.5 Å². The lowest BCUT2D eigenvalue weighted by Crippen LogP contribution is -2.63. The molecule has 0 aromatic rings. The van der Waals surface area contributed by atoms with Crippen molar-refractivity contribution in [3.8, 4) is 0 Å². The topological polar surface area (TPSA) is 6.48 Å². The van der Waals surface area contributed by atoms with Gasteiger partial charge in [-0.3, -0.25) is 4.90 Å². The Kier molecular flexibility index (Phi) is 5.31. The molecule has 0 atom stereocenters. The highest BCUT2D eigenvalue weighted by molar-refractivity contribution is 4.86. The molecule has 2 aliphatic heterocycles. The van der Waals surface area contributed by atoms with Crippen LogP contribution < -0.4 is 0 Å². The maximum absolute atomic E-state index is 2.73. The SMILES string of the molecule is CN1CCN(C(C)(C)C[N+]2(C)CCC(C(C)(C)C)CC2)CC1. The highest BCUT2D eigenvalue weighted by atomic mass is 15.4. The first-order valence-corrected chi connectivity index (χ1v) is 9.29. The third-order valence-corrected chi connectivity index (χ3v) is 6.39. The summed E-state index contributed by atoms with van der Waals surface area (Å²) in [5.41, 5.74) is 0.808. The van der Waals surface area contributed by atoms with E-state index in [0.717, 1.165) is 5.92 Å². The molecule has 0 radical (unpaired) electrons. The van der Waals surface area contributed by atoms with Crippen LogP contribution in [0.3, 0.4) is 0 Å². The van der Waals surface area contributed by atoms with Crippen LogP contribution in [0.4, 0.5) is 0 Å². The molecule has 3 heteroatoms. The van der Waals surface area contributed by atoms with Crippen molar-refractivity contribution in [2.75, 3.05) is 59.9 Å². The highest BCUT2D eigenvalue weighted by Gasteiger charge is 2.41. The minimum Gasteiger partial charge on any atom is -0.325 e. The molecule has 0 spiro atoms. The Morgan fingerprint density at radius 2 is 1.41 bits per heavy atom. The van der Waals surface area contributed by atoms with Gasteiger partial charge in [-0.05, 0) is 32.2 Å². The molecule has 0 aromatic carbocycles. The van der Waals surface area contributed by atoms with Gasteiger partial charge in [-0.15, -0.1) is 0 Å². The largest absolute Gasteiger partial charge is 0.325 e. The molecule has 2 fully saturated rings. The standard InChI is InChI=1S/C19H40N3/c1-18(2,3)17-8-14-22(7,15-9-17)16-19(4,5)21-12-10-20(6)11-13-21/h17H,8-16H2,1-7H3/q+1. The van der Waals surface area contributed by atoms with Gasteiger partial charge in [-0.25, -0.2) is 0 Å². The number of likely N-dealkylation sites (N-methyl/N-ethyl adjacent to an activating group) is 2. The fourth-order valence-corrected chi connectivity index (χ4v) is 4.66. The van der Waals surface area contributed by atoms with Crippen LogP contribution in [0.5, 0.6) is 0 Å². The van der Waals surface area contributed by atoms with E-state index in [4.69, 9.17) is 0 Å². The molecule has 3 nitrogen and oxygen atoms in total. The van der Waals surface area contributed by atoms with Gasteiger partial charge in [0.1, 0.15) is 0 Å². The Morgan fingerprint density at radius 1 is 0.909 bits per heavy atom. The second-order valence-corrected chi connectivity index (χ2v) is 9.97. The molecule has 2 saturated heterocycles. The molecule has 0 amide bonds. The number of nitrogens with zero attached hydrogens (tertiary/aromatic N) is 3. The second-order valence-electron chi connectivity index (χ2n) is 9.97. The fourth-order valence-electron chi connectivity index (χ4n) is 4.66. The van der Waals surface area contributed by atoms with Gasteiger partial charge in [0.2, 0.25) is 0 Å². The van der Waals surface area contributed by atoms with Crippen molar-refractivity contribution in [1.82, 2.24) is 9.80 Å². The smallest absolute Gasteiger partial charge is 0.0966 e. The van der Waals surface area contributed by atoms with Crippen molar-refractivity contribution in [3.05, 3.63) is 0 Å². The Labute approximate surface area is 139 Å². The Hall–Kier alpha value is -0.120. The molecule has 0 aromatic heterocycles. The molecule has 0 N–H and O–H groups in total. The van der Waals surface area contributed by atoms with Crippen molar-refractivity contribution in [1.29, 1.82) is 0 Å². The maximum Gasteiger partial charge on any atom is 0.0966 e. The van der Waals surface area contributed by atoms with Crippen LogP contribution >= 0.6 is 0 Å². The van der Waals surface area contributed by atoms with E-state index in [9.17, 15) is 0 Å². The average molecular weight is 311 g/mol. The number of hydrogen-bond donors (Lipinski definition) is 0. The lowest BCUT2D eigenvalue weighted by Gasteiger charge is -2.50. The number of hydrogen-bond acceptors (Lipinski definition) is 2. The zero-order valence-electron chi connectivity index (χ0n) is 16.3. The van der Waals surface area contributed by atoms with E-state index in [-0.39, 0.29) is 0 Å². The van der Waals surface area contributed by atoms with Gasteiger partial charge in [-0.2, -0.15) is 0 Å². The Balaban J connectivity index is 1.92. The summed E-state index contributed by atoms with van der Waals surface area (Å²) in [6.07, 6.45) is 2.80. The molecule has 0 aliphatic carbocycles. The van der Waals surface area contributed by atoms with Crippen molar-refractivity contribution < 1.29 is 4.48 Å². The van der Waals surface area contributed by atoms with Crippen molar-refractivity contribution in [3.63, 3.8) is 0 Å². The summed E-state index contributed by atoms with van der Waals surface area (Å²) in [6, 6.07) is 0.